The second kappa shape index (κ2) is 17.4. The number of imidazole rings is 1. The fourth-order valence-electron chi connectivity index (χ4n) is 8.93. The summed E-state index contributed by atoms with van der Waals surface area (Å²) in [6.07, 6.45) is -4.00. The van der Waals surface area contributed by atoms with Gasteiger partial charge in [-0.25, -0.2) is 4.98 Å². The van der Waals surface area contributed by atoms with Gasteiger partial charge in [-0.2, -0.15) is 18.2 Å². The fraction of sp³-hybridized carbons (Fsp3) is 0.250. The summed E-state index contributed by atoms with van der Waals surface area (Å²) in [5.41, 5.74) is -10.7. The molecule has 3 heterocycles. The largest absolute Gasteiger partial charge is 0.510 e. The number of para-hydroxylation sites is 2. The van der Waals surface area contributed by atoms with Gasteiger partial charge in [-0.15, -0.1) is 29.7 Å². The minimum Gasteiger partial charge on any atom is -0.510 e. The summed E-state index contributed by atoms with van der Waals surface area (Å²) >= 11 is 0. The summed E-state index contributed by atoms with van der Waals surface area (Å²) < 4.78 is 229. The summed E-state index contributed by atoms with van der Waals surface area (Å²) in [5, 5.41) is 1.80. The Morgan fingerprint density at radius 2 is 1.44 bits per heavy atom. The fourth-order valence-corrected chi connectivity index (χ4v) is 8.93. The van der Waals surface area contributed by atoms with Crippen LogP contribution in [-0.4, -0.2) is 14.1 Å². The standard InChI is InChI=1S/C64H60N4O.Pt/c1-61(2,3)45-32-35-65-59(38-45)68-55-25-15-14-22-50(55)51-29-28-48(40-57(51)68)69-47-21-16-20-46(39-47)66-41-67(56-31-27-43(37-58(56)66)42-18-12-11-13-19-42)60-49(23-17-24-53(60)62(4,5)6)44-26-30-52-54(36-44)64(9,10)34-33-63(52,7)8;/h11-32,35-38H,33-34H2,1-10H3;/q-2;/i7D3,8D3,9D3,10D3,11D,12D,13D,18D,19D,26D,30D,33D2,34D2,36D;. The van der Waals surface area contributed by atoms with Gasteiger partial charge >= 0.3 is 0 Å². The molecule has 5 nitrogen and oxygen atoms in total. The molecule has 0 saturated carbocycles. The predicted octanol–water partition coefficient (Wildman–Crippen LogP) is 15.9. The molecule has 0 unspecified atom stereocenters. The van der Waals surface area contributed by atoms with Gasteiger partial charge in [-0.05, 0) is 114 Å². The topological polar surface area (TPSA) is 35.9 Å². The Balaban J connectivity index is 0.00000964. The van der Waals surface area contributed by atoms with Gasteiger partial charge in [-0.3, -0.25) is 4.57 Å². The Kier molecular flexibility index (Phi) is 6.61. The monoisotopic (exact) mass is 1120 g/mol. The van der Waals surface area contributed by atoms with E-state index >= 15 is 0 Å². The maximum absolute atomic E-state index is 10.2. The molecule has 11 rings (SSSR count). The molecular weight excluding hydrogens is 1040 g/mol. The van der Waals surface area contributed by atoms with Gasteiger partial charge in [0.1, 0.15) is 5.82 Å². The Morgan fingerprint density at radius 3 is 2.21 bits per heavy atom. The van der Waals surface area contributed by atoms with E-state index in [2.05, 4.69) is 39.2 Å². The summed E-state index contributed by atoms with van der Waals surface area (Å²) in [5.74, 6) is 1.07. The first-order valence-corrected chi connectivity index (χ1v) is 22.3. The normalized spacial score (nSPS) is 21.6. The second-order valence-corrected chi connectivity index (χ2v) is 19.3. The number of rotatable bonds is 7. The second-order valence-electron chi connectivity index (χ2n) is 19.3. The van der Waals surface area contributed by atoms with Crippen LogP contribution in [0.5, 0.6) is 11.5 Å². The molecule has 7 aromatic carbocycles. The van der Waals surface area contributed by atoms with Crippen LogP contribution < -0.4 is 9.30 Å². The predicted molar refractivity (Wildman–Crippen MR) is 284 cm³/mol. The quantitative estimate of drug-likeness (QED) is 0.118. The zero-order chi connectivity index (χ0) is 68.6. The number of ether oxygens (including phenoxy) is 1. The van der Waals surface area contributed by atoms with Crippen molar-refractivity contribution >= 4 is 32.8 Å². The van der Waals surface area contributed by atoms with E-state index in [9.17, 15) is 9.60 Å². The first-order chi connectivity index (χ1) is 42.8. The van der Waals surface area contributed by atoms with E-state index < -0.39 is 121 Å². The van der Waals surface area contributed by atoms with Crippen molar-refractivity contribution in [1.29, 1.82) is 0 Å². The first-order valence-electron chi connectivity index (χ1n) is 34.3. The number of nitrogens with zero attached hydrogens (tertiary/aromatic N) is 4. The third-order valence-electron chi connectivity index (χ3n) is 12.4. The molecule has 0 amide bonds. The minimum absolute atomic E-state index is 0. The summed E-state index contributed by atoms with van der Waals surface area (Å²) in [6, 6.07) is 29.2. The van der Waals surface area contributed by atoms with Crippen LogP contribution in [0.25, 0.3) is 72.3 Å². The van der Waals surface area contributed by atoms with Gasteiger partial charge in [0, 0.05) is 66.2 Å². The minimum atomic E-state index is -4.56. The van der Waals surface area contributed by atoms with Gasteiger partial charge in [-0.1, -0.05) is 171 Å². The smallest absolute Gasteiger partial charge is 0.268 e. The zero-order valence-electron chi connectivity index (χ0n) is 62.9. The average molecular weight is 1120 g/mol. The number of hydrogen-bond acceptors (Lipinski definition) is 2. The molecule has 0 spiro atoms. The van der Waals surface area contributed by atoms with E-state index in [1.807, 2.05) is 47.0 Å². The molecule has 0 radical (unpaired) electrons. The van der Waals surface area contributed by atoms with Crippen molar-refractivity contribution in [2.24, 2.45) is 0 Å². The molecule has 0 N–H and O–H groups in total. The molecule has 0 saturated heterocycles. The van der Waals surface area contributed by atoms with Crippen molar-refractivity contribution < 1.29 is 63.3 Å². The molecule has 0 bridgehead atoms. The van der Waals surface area contributed by atoms with Gasteiger partial charge in [0.05, 0.1) is 27.7 Å². The molecule has 3 aromatic heterocycles. The van der Waals surface area contributed by atoms with E-state index in [-0.39, 0.29) is 77.1 Å². The number of benzene rings is 7. The summed E-state index contributed by atoms with van der Waals surface area (Å²) in [4.78, 5) is 4.78. The molecular formula is C64H60N4OPt-2. The molecule has 1 aliphatic carbocycles. The van der Waals surface area contributed by atoms with Crippen LogP contribution in [0.1, 0.15) is 137 Å². The molecule has 6 heteroatoms. The van der Waals surface area contributed by atoms with Crippen LogP contribution in [0.15, 0.2) is 158 Å². The van der Waals surface area contributed by atoms with Crippen LogP contribution in [0.2, 0.25) is 0 Å². The number of hydrogen-bond donors (Lipinski definition) is 0. The molecule has 0 aliphatic heterocycles. The van der Waals surface area contributed by atoms with Crippen LogP contribution >= 0.6 is 0 Å². The van der Waals surface area contributed by atoms with E-state index in [1.54, 1.807) is 57.3 Å². The van der Waals surface area contributed by atoms with Gasteiger partial charge in [0.15, 0.2) is 0 Å². The SMILES string of the molecule is [2H]c1c([2H])c([2H])c(-c2ccc3c(c2)n(-c2[c-]c(Oc4[c-]c5c(cc4)c4ccccc4n5-c4cc(C(C)(C)C)ccn4)ccc2)[c-][n+]3-c2c(-c3c([2H])c([2H])c4c(c3[2H])C(C([2H])([2H])[2H])(C([2H])([2H])[2H])C([2H])([2H])C([2H])([2H])C4(C([2H])([2H])[2H])C([2H])([2H])[2H])cccc2C(C)(C)C)c([2H])c1[2H].[Pt]. The molecule has 10 aromatic rings. The first kappa shape index (κ1) is 26.6. The van der Waals surface area contributed by atoms with Crippen molar-refractivity contribution in [3.05, 3.63) is 198 Å². The van der Waals surface area contributed by atoms with Gasteiger partial charge in [0.25, 0.3) is 6.33 Å². The molecule has 354 valence electrons. The summed E-state index contributed by atoms with van der Waals surface area (Å²) in [7, 11) is 0. The van der Waals surface area contributed by atoms with Crippen LogP contribution in [0.3, 0.4) is 0 Å². The third-order valence-corrected chi connectivity index (χ3v) is 12.4. The van der Waals surface area contributed by atoms with Crippen LogP contribution in [-0.2, 0) is 42.7 Å². The summed E-state index contributed by atoms with van der Waals surface area (Å²) in [6.45, 7) is -5.43. The van der Waals surface area contributed by atoms with Crippen molar-refractivity contribution in [2.75, 3.05) is 0 Å². The van der Waals surface area contributed by atoms with Crippen LogP contribution in [0, 0.1) is 18.5 Å². The number of aromatic nitrogens is 4. The number of pyridine rings is 1. The molecule has 1 aliphatic rings. The molecule has 0 atom stereocenters. The van der Waals surface area contributed by atoms with Crippen molar-refractivity contribution in [2.45, 2.75) is 103 Å². The van der Waals surface area contributed by atoms with Crippen molar-refractivity contribution in [1.82, 2.24) is 14.1 Å². The van der Waals surface area contributed by atoms with Crippen molar-refractivity contribution in [3.63, 3.8) is 0 Å². The Bertz CT molecular complexity index is 4700. The van der Waals surface area contributed by atoms with Crippen molar-refractivity contribution in [3.8, 4) is 50.9 Å². The van der Waals surface area contributed by atoms with E-state index in [0.717, 1.165) is 21.9 Å². The molecule has 70 heavy (non-hydrogen) atoms. The zero-order valence-corrected chi connectivity index (χ0v) is 41.2. The van der Waals surface area contributed by atoms with Gasteiger partial charge in [0.2, 0.25) is 0 Å². The Labute approximate surface area is 461 Å². The Hall–Kier alpha value is -6.55. The van der Waals surface area contributed by atoms with Crippen LogP contribution in [0.4, 0.5) is 0 Å². The number of fused-ring (bicyclic) bond motifs is 5. The van der Waals surface area contributed by atoms with E-state index in [1.165, 1.54) is 39.5 Å². The maximum Gasteiger partial charge on any atom is 0.268 e. The van der Waals surface area contributed by atoms with E-state index in [4.69, 9.17) is 33.0 Å². The Morgan fingerprint density at radius 1 is 0.686 bits per heavy atom. The average Bonchev–Trinajstić information content (AvgIpc) is 0.747. The molecule has 0 fully saturated rings. The van der Waals surface area contributed by atoms with Gasteiger partial charge < -0.3 is 13.9 Å². The van der Waals surface area contributed by atoms with E-state index in [0.29, 0.717) is 16.9 Å². The third kappa shape index (κ3) is 8.30. The maximum atomic E-state index is 10.2.